The minimum Gasteiger partial charge on any atom is -0.465 e. The quantitative estimate of drug-likeness (QED) is 0.402. The third-order valence-corrected chi connectivity index (χ3v) is 6.38. The number of ether oxygens (including phenoxy) is 1. The number of aromatic nitrogens is 1. The molecule has 1 aliphatic rings. The third-order valence-electron chi connectivity index (χ3n) is 6.38. The highest BCUT2D eigenvalue weighted by molar-refractivity contribution is 5.93. The molecule has 1 saturated carbocycles. The fraction of sp³-hybridized carbons (Fsp3) is 0.440. The summed E-state index contributed by atoms with van der Waals surface area (Å²) in [6, 6.07) is 9.64. The highest BCUT2D eigenvalue weighted by Gasteiger charge is 2.42. The molecule has 0 bridgehead atoms. The van der Waals surface area contributed by atoms with Crippen molar-refractivity contribution < 1.29 is 24.2 Å². The Morgan fingerprint density at radius 3 is 2.34 bits per heavy atom. The fourth-order valence-corrected chi connectivity index (χ4v) is 4.42. The summed E-state index contributed by atoms with van der Waals surface area (Å²) < 4.78 is 6.63. The number of nitrogens with zero attached hydrogens (tertiary/aromatic N) is 1. The summed E-state index contributed by atoms with van der Waals surface area (Å²) in [5.41, 5.74) is 6.70. The molecule has 1 unspecified atom stereocenters. The number of benzene rings is 1. The van der Waals surface area contributed by atoms with Crippen LogP contribution >= 0.6 is 0 Å². The maximum absolute atomic E-state index is 13.1. The largest absolute Gasteiger partial charge is 0.465 e. The molecular formula is C25H32N4O6. The smallest absolute Gasteiger partial charge is 0.405 e. The van der Waals surface area contributed by atoms with Crippen LogP contribution in [0.3, 0.4) is 0 Å². The van der Waals surface area contributed by atoms with Crippen LogP contribution in [0.2, 0.25) is 0 Å². The molecule has 0 radical (unpaired) electrons. The summed E-state index contributed by atoms with van der Waals surface area (Å²) in [6.45, 7) is 0.866. The van der Waals surface area contributed by atoms with Crippen molar-refractivity contribution in [3.8, 4) is 11.1 Å². The first kappa shape index (κ1) is 26.0. The summed E-state index contributed by atoms with van der Waals surface area (Å²) in [4.78, 5) is 48.5. The lowest BCUT2D eigenvalue weighted by molar-refractivity contribution is -0.132. The summed E-state index contributed by atoms with van der Waals surface area (Å²) in [5.74, 6) is -1.23. The van der Waals surface area contributed by atoms with Gasteiger partial charge in [0.25, 0.3) is 5.56 Å². The number of nitrogens with one attached hydrogen (secondary N) is 2. The number of hydrogen-bond donors (Lipinski definition) is 4. The van der Waals surface area contributed by atoms with Gasteiger partial charge in [-0.15, -0.1) is 0 Å². The Bertz CT molecular complexity index is 1110. The van der Waals surface area contributed by atoms with E-state index in [4.69, 9.17) is 10.5 Å². The van der Waals surface area contributed by atoms with Gasteiger partial charge in [-0.3, -0.25) is 14.4 Å². The van der Waals surface area contributed by atoms with Gasteiger partial charge in [-0.1, -0.05) is 43.5 Å². The first-order valence-electron chi connectivity index (χ1n) is 11.6. The van der Waals surface area contributed by atoms with Crippen molar-refractivity contribution in [3.05, 3.63) is 58.5 Å². The molecule has 1 aliphatic carbocycles. The van der Waals surface area contributed by atoms with E-state index in [1.54, 1.807) is 23.9 Å². The van der Waals surface area contributed by atoms with Crippen molar-refractivity contribution in [1.29, 1.82) is 0 Å². The van der Waals surface area contributed by atoms with Gasteiger partial charge in [-0.25, -0.2) is 4.79 Å². The SMILES string of the molecule is COCCn1cc(-c2ccc(CC(NC(=O)C3(NC(=O)O)CCCCC3)C(N)=O)cc2)ccc1=O. The Kier molecular flexibility index (Phi) is 8.64. The minimum absolute atomic E-state index is 0.115. The Morgan fingerprint density at radius 2 is 1.74 bits per heavy atom. The number of carbonyl (C=O) groups excluding carboxylic acids is 2. The Hall–Kier alpha value is -3.66. The van der Waals surface area contributed by atoms with Gasteiger partial charge in [0.15, 0.2) is 0 Å². The molecule has 0 saturated heterocycles. The van der Waals surface area contributed by atoms with Crippen LogP contribution in [-0.2, 0) is 27.3 Å². The third kappa shape index (κ3) is 6.69. The molecule has 35 heavy (non-hydrogen) atoms. The molecule has 1 aromatic carbocycles. The van der Waals surface area contributed by atoms with Crippen molar-refractivity contribution in [3.63, 3.8) is 0 Å². The fourth-order valence-electron chi connectivity index (χ4n) is 4.42. The molecule has 3 amide bonds. The maximum Gasteiger partial charge on any atom is 0.405 e. The molecule has 1 atom stereocenters. The van der Waals surface area contributed by atoms with Gasteiger partial charge in [0.05, 0.1) is 6.61 Å². The van der Waals surface area contributed by atoms with Crippen LogP contribution in [0.4, 0.5) is 4.79 Å². The van der Waals surface area contributed by atoms with Crippen molar-refractivity contribution >= 4 is 17.9 Å². The number of rotatable bonds is 10. The lowest BCUT2D eigenvalue weighted by Crippen LogP contribution is -2.62. The topological polar surface area (TPSA) is 153 Å². The molecule has 5 N–H and O–H groups in total. The van der Waals surface area contributed by atoms with Gasteiger partial charge in [0.2, 0.25) is 11.8 Å². The number of pyridine rings is 1. The molecule has 0 spiro atoms. The van der Waals surface area contributed by atoms with Gasteiger partial charge in [-0.05, 0) is 35.6 Å². The van der Waals surface area contributed by atoms with Crippen LogP contribution in [-0.4, -0.2) is 52.9 Å². The number of hydrogen-bond acceptors (Lipinski definition) is 5. The van der Waals surface area contributed by atoms with Crippen LogP contribution in [0, 0.1) is 0 Å². The van der Waals surface area contributed by atoms with E-state index in [0.717, 1.165) is 36.0 Å². The van der Waals surface area contributed by atoms with E-state index >= 15 is 0 Å². The van der Waals surface area contributed by atoms with E-state index in [1.165, 1.54) is 6.07 Å². The van der Waals surface area contributed by atoms with Crippen LogP contribution in [0.15, 0.2) is 47.4 Å². The zero-order valence-corrected chi connectivity index (χ0v) is 19.8. The second-order valence-corrected chi connectivity index (χ2v) is 8.84. The second-order valence-electron chi connectivity index (χ2n) is 8.84. The highest BCUT2D eigenvalue weighted by Crippen LogP contribution is 2.29. The lowest BCUT2D eigenvalue weighted by Gasteiger charge is -2.36. The monoisotopic (exact) mass is 484 g/mol. The normalized spacial score (nSPS) is 15.7. The molecule has 0 aliphatic heterocycles. The maximum atomic E-state index is 13.1. The molecule has 1 fully saturated rings. The minimum atomic E-state index is -1.28. The predicted octanol–water partition coefficient (Wildman–Crippen LogP) is 1.64. The number of carboxylic acid groups (broad SMARTS) is 1. The van der Waals surface area contributed by atoms with Crippen LogP contribution in [0.5, 0.6) is 0 Å². The molecule has 1 aromatic heterocycles. The first-order chi connectivity index (χ1) is 16.7. The van der Waals surface area contributed by atoms with E-state index in [-0.39, 0.29) is 12.0 Å². The summed E-state index contributed by atoms with van der Waals surface area (Å²) in [5, 5.41) is 14.3. The average molecular weight is 485 g/mol. The number of nitrogens with two attached hydrogens (primary N) is 1. The van der Waals surface area contributed by atoms with Gasteiger partial charge in [0.1, 0.15) is 11.6 Å². The molecule has 3 rings (SSSR count). The Balaban J connectivity index is 1.73. The van der Waals surface area contributed by atoms with E-state index in [0.29, 0.717) is 26.0 Å². The summed E-state index contributed by atoms with van der Waals surface area (Å²) in [7, 11) is 1.58. The van der Waals surface area contributed by atoms with E-state index in [2.05, 4.69) is 10.6 Å². The predicted molar refractivity (Wildman–Crippen MR) is 130 cm³/mol. The molecule has 1 heterocycles. The molecular weight excluding hydrogens is 452 g/mol. The number of methoxy groups -OCH3 is 1. The average Bonchev–Trinajstić information content (AvgIpc) is 2.83. The van der Waals surface area contributed by atoms with Crippen molar-refractivity contribution in [2.24, 2.45) is 5.73 Å². The molecule has 10 nitrogen and oxygen atoms in total. The lowest BCUT2D eigenvalue weighted by atomic mass is 9.80. The van der Waals surface area contributed by atoms with Gasteiger partial charge >= 0.3 is 6.09 Å². The Morgan fingerprint density at radius 1 is 1.09 bits per heavy atom. The molecule has 188 valence electrons. The number of amides is 3. The zero-order chi connectivity index (χ0) is 25.4. The number of primary amides is 1. The molecule has 2 aromatic rings. The van der Waals surface area contributed by atoms with Crippen molar-refractivity contribution in [2.45, 2.75) is 56.7 Å². The summed E-state index contributed by atoms with van der Waals surface area (Å²) >= 11 is 0. The van der Waals surface area contributed by atoms with Crippen molar-refractivity contribution in [2.75, 3.05) is 13.7 Å². The summed E-state index contributed by atoms with van der Waals surface area (Å²) in [6.07, 6.45) is 3.76. The van der Waals surface area contributed by atoms with Gasteiger partial charge < -0.3 is 30.8 Å². The zero-order valence-electron chi connectivity index (χ0n) is 19.8. The van der Waals surface area contributed by atoms with E-state index in [1.807, 2.05) is 24.3 Å². The second kappa shape index (κ2) is 11.7. The van der Waals surface area contributed by atoms with Crippen molar-refractivity contribution in [1.82, 2.24) is 15.2 Å². The van der Waals surface area contributed by atoms with Crippen LogP contribution in [0.25, 0.3) is 11.1 Å². The Labute approximate surface area is 203 Å². The van der Waals surface area contributed by atoms with Gasteiger partial charge in [-0.2, -0.15) is 0 Å². The first-order valence-corrected chi connectivity index (χ1v) is 11.6. The van der Waals surface area contributed by atoms with E-state index in [9.17, 15) is 24.3 Å². The highest BCUT2D eigenvalue weighted by atomic mass is 16.5. The van der Waals surface area contributed by atoms with E-state index < -0.39 is 29.5 Å². The van der Waals surface area contributed by atoms with Crippen LogP contribution < -0.4 is 21.9 Å². The van der Waals surface area contributed by atoms with Gasteiger partial charge in [0, 0.05) is 32.3 Å². The standard InChI is InChI=1S/C25H32N4O6/c1-35-14-13-29-16-19(9-10-21(29)30)18-7-5-17(6-8-18)15-20(22(26)31)27-23(32)25(28-24(33)34)11-3-2-4-12-25/h5-10,16,20,28H,2-4,11-15H2,1H3,(H2,26,31)(H,27,32)(H,33,34). The number of carbonyl (C=O) groups is 3. The molecule has 10 heteroatoms. The van der Waals surface area contributed by atoms with Crippen LogP contribution in [0.1, 0.15) is 37.7 Å².